The minimum atomic E-state index is -0.0723. The molecule has 0 saturated carbocycles. The van der Waals surface area contributed by atoms with Gasteiger partial charge in [0.2, 0.25) is 0 Å². The summed E-state index contributed by atoms with van der Waals surface area (Å²) in [6.45, 7) is 6.34. The number of aryl methyl sites for hydroxylation is 3. The maximum atomic E-state index is 12.0. The number of carbonyl (C=O) groups excluding carboxylic acids is 1. The molecule has 1 N–H and O–H groups in total. The van der Waals surface area contributed by atoms with Gasteiger partial charge in [0.05, 0.1) is 22.0 Å². The van der Waals surface area contributed by atoms with Gasteiger partial charge in [-0.2, -0.15) is 0 Å². The zero-order valence-electron chi connectivity index (χ0n) is 11.4. The topological polar surface area (TPSA) is 54.9 Å². The molecule has 0 aromatic carbocycles. The Morgan fingerprint density at radius 3 is 2.68 bits per heavy atom. The van der Waals surface area contributed by atoms with Crippen molar-refractivity contribution in [3.05, 3.63) is 45.2 Å². The summed E-state index contributed by atoms with van der Waals surface area (Å²) in [5, 5.41) is 5.99. The number of hydrogen-bond acceptors (Lipinski definition) is 4. The van der Waals surface area contributed by atoms with Gasteiger partial charge in [-0.3, -0.25) is 9.78 Å². The SMILES string of the molecule is Cc1ccc(C(=O)NCCc2csc(C)n2)c(C)n1. The van der Waals surface area contributed by atoms with E-state index < -0.39 is 0 Å². The maximum Gasteiger partial charge on any atom is 0.253 e. The van der Waals surface area contributed by atoms with Crippen LogP contribution in [0.4, 0.5) is 0 Å². The Kier molecular flexibility index (Phi) is 4.27. The molecular formula is C14H17N3OS. The predicted octanol–water partition coefficient (Wildman–Crippen LogP) is 2.44. The van der Waals surface area contributed by atoms with Gasteiger partial charge in [0.15, 0.2) is 0 Å². The van der Waals surface area contributed by atoms with Gasteiger partial charge in [0.1, 0.15) is 0 Å². The van der Waals surface area contributed by atoms with Crippen LogP contribution in [0.3, 0.4) is 0 Å². The smallest absolute Gasteiger partial charge is 0.253 e. The molecule has 0 aliphatic rings. The van der Waals surface area contributed by atoms with E-state index in [-0.39, 0.29) is 5.91 Å². The Balaban J connectivity index is 1.90. The first-order valence-corrected chi connectivity index (χ1v) is 7.07. The highest BCUT2D eigenvalue weighted by molar-refractivity contribution is 7.09. The van der Waals surface area contributed by atoms with Crippen LogP contribution in [0.2, 0.25) is 0 Å². The second-order valence-corrected chi connectivity index (χ2v) is 5.51. The molecule has 0 saturated heterocycles. The van der Waals surface area contributed by atoms with Crippen molar-refractivity contribution in [3.8, 4) is 0 Å². The van der Waals surface area contributed by atoms with Gasteiger partial charge in [0, 0.05) is 24.0 Å². The highest BCUT2D eigenvalue weighted by atomic mass is 32.1. The molecule has 2 heterocycles. The summed E-state index contributed by atoms with van der Waals surface area (Å²) in [7, 11) is 0. The molecule has 0 spiro atoms. The summed E-state index contributed by atoms with van der Waals surface area (Å²) in [4.78, 5) is 20.7. The number of aromatic nitrogens is 2. The summed E-state index contributed by atoms with van der Waals surface area (Å²) in [6.07, 6.45) is 0.758. The fourth-order valence-corrected chi connectivity index (χ4v) is 2.50. The molecule has 5 heteroatoms. The van der Waals surface area contributed by atoms with E-state index in [1.165, 1.54) is 0 Å². The van der Waals surface area contributed by atoms with E-state index >= 15 is 0 Å². The maximum absolute atomic E-state index is 12.0. The molecule has 2 aromatic rings. The number of thiazole rings is 1. The summed E-state index contributed by atoms with van der Waals surface area (Å²) in [5.41, 5.74) is 3.36. The van der Waals surface area contributed by atoms with Crippen LogP contribution in [0.1, 0.15) is 32.4 Å². The quantitative estimate of drug-likeness (QED) is 0.932. The summed E-state index contributed by atoms with van der Waals surface area (Å²) < 4.78 is 0. The van der Waals surface area contributed by atoms with Crippen LogP contribution in [-0.2, 0) is 6.42 Å². The Labute approximate surface area is 116 Å². The molecule has 0 radical (unpaired) electrons. The van der Waals surface area contributed by atoms with Crippen molar-refractivity contribution in [3.63, 3.8) is 0 Å². The van der Waals surface area contributed by atoms with Crippen molar-refractivity contribution in [2.45, 2.75) is 27.2 Å². The molecule has 0 atom stereocenters. The molecule has 0 unspecified atom stereocenters. The normalized spacial score (nSPS) is 10.5. The highest BCUT2D eigenvalue weighted by Gasteiger charge is 2.09. The lowest BCUT2D eigenvalue weighted by atomic mass is 10.1. The minimum absolute atomic E-state index is 0.0723. The van der Waals surface area contributed by atoms with Crippen LogP contribution in [0, 0.1) is 20.8 Å². The first kappa shape index (κ1) is 13.7. The summed E-state index contributed by atoms with van der Waals surface area (Å²) in [6, 6.07) is 3.67. The Bertz CT molecular complexity index is 592. The van der Waals surface area contributed by atoms with Crippen molar-refractivity contribution in [1.82, 2.24) is 15.3 Å². The molecule has 0 aliphatic carbocycles. The first-order chi connectivity index (χ1) is 9.06. The standard InChI is InChI=1S/C14H17N3OS/c1-9-4-5-13(10(2)16-9)14(18)15-7-6-12-8-19-11(3)17-12/h4-5,8H,6-7H2,1-3H3,(H,15,18). The molecular weight excluding hydrogens is 258 g/mol. The molecule has 100 valence electrons. The average molecular weight is 275 g/mol. The van der Waals surface area contributed by atoms with Crippen LogP contribution in [0.5, 0.6) is 0 Å². The number of nitrogens with one attached hydrogen (secondary N) is 1. The number of hydrogen-bond donors (Lipinski definition) is 1. The van der Waals surface area contributed by atoms with Crippen LogP contribution in [0.25, 0.3) is 0 Å². The second-order valence-electron chi connectivity index (χ2n) is 4.45. The van der Waals surface area contributed by atoms with E-state index in [1.54, 1.807) is 11.3 Å². The molecule has 0 aliphatic heterocycles. The monoisotopic (exact) mass is 275 g/mol. The largest absolute Gasteiger partial charge is 0.352 e. The zero-order valence-corrected chi connectivity index (χ0v) is 12.2. The molecule has 1 amide bonds. The Hall–Kier alpha value is -1.75. The summed E-state index contributed by atoms with van der Waals surface area (Å²) >= 11 is 1.63. The number of nitrogens with zero attached hydrogens (tertiary/aromatic N) is 2. The van der Waals surface area contributed by atoms with E-state index in [9.17, 15) is 4.79 Å². The van der Waals surface area contributed by atoms with Crippen LogP contribution in [-0.4, -0.2) is 22.4 Å². The highest BCUT2D eigenvalue weighted by Crippen LogP contribution is 2.09. The van der Waals surface area contributed by atoms with Crippen molar-refractivity contribution in [2.75, 3.05) is 6.54 Å². The lowest BCUT2D eigenvalue weighted by molar-refractivity contribution is 0.0953. The fourth-order valence-electron chi connectivity index (χ4n) is 1.85. The number of carbonyl (C=O) groups is 1. The fraction of sp³-hybridized carbons (Fsp3) is 0.357. The lowest BCUT2D eigenvalue weighted by Gasteiger charge is -2.07. The number of pyridine rings is 1. The molecule has 2 rings (SSSR count). The van der Waals surface area contributed by atoms with Crippen LogP contribution < -0.4 is 5.32 Å². The van der Waals surface area contributed by atoms with Crippen molar-refractivity contribution in [2.24, 2.45) is 0 Å². The van der Waals surface area contributed by atoms with Gasteiger partial charge >= 0.3 is 0 Å². The van der Waals surface area contributed by atoms with Gasteiger partial charge in [-0.15, -0.1) is 11.3 Å². The first-order valence-electron chi connectivity index (χ1n) is 6.19. The van der Waals surface area contributed by atoms with Crippen LogP contribution >= 0.6 is 11.3 Å². The van der Waals surface area contributed by atoms with E-state index in [0.29, 0.717) is 12.1 Å². The second kappa shape index (κ2) is 5.93. The average Bonchev–Trinajstić information content (AvgIpc) is 2.75. The Morgan fingerprint density at radius 2 is 2.05 bits per heavy atom. The van der Waals surface area contributed by atoms with Crippen molar-refractivity contribution < 1.29 is 4.79 Å². The van der Waals surface area contributed by atoms with E-state index in [1.807, 2.05) is 38.3 Å². The number of amides is 1. The van der Waals surface area contributed by atoms with Gasteiger partial charge in [-0.1, -0.05) is 0 Å². The minimum Gasteiger partial charge on any atom is -0.352 e. The van der Waals surface area contributed by atoms with E-state index in [2.05, 4.69) is 15.3 Å². The van der Waals surface area contributed by atoms with Crippen molar-refractivity contribution in [1.29, 1.82) is 0 Å². The third-order valence-electron chi connectivity index (χ3n) is 2.80. The van der Waals surface area contributed by atoms with E-state index in [4.69, 9.17) is 0 Å². The summed E-state index contributed by atoms with van der Waals surface area (Å²) in [5.74, 6) is -0.0723. The Morgan fingerprint density at radius 1 is 1.26 bits per heavy atom. The third kappa shape index (κ3) is 3.61. The molecule has 2 aromatic heterocycles. The van der Waals surface area contributed by atoms with Gasteiger partial charge < -0.3 is 5.32 Å². The third-order valence-corrected chi connectivity index (χ3v) is 3.63. The van der Waals surface area contributed by atoms with Gasteiger partial charge in [-0.25, -0.2) is 4.98 Å². The van der Waals surface area contributed by atoms with Gasteiger partial charge in [-0.05, 0) is 32.9 Å². The van der Waals surface area contributed by atoms with Crippen molar-refractivity contribution >= 4 is 17.2 Å². The van der Waals surface area contributed by atoms with Crippen LogP contribution in [0.15, 0.2) is 17.5 Å². The predicted molar refractivity (Wildman–Crippen MR) is 76.6 cm³/mol. The molecule has 19 heavy (non-hydrogen) atoms. The zero-order chi connectivity index (χ0) is 13.8. The molecule has 0 bridgehead atoms. The molecule has 0 fully saturated rings. The number of rotatable bonds is 4. The van der Waals surface area contributed by atoms with Gasteiger partial charge in [0.25, 0.3) is 5.91 Å². The van der Waals surface area contributed by atoms with E-state index in [0.717, 1.165) is 28.5 Å². The lowest BCUT2D eigenvalue weighted by Crippen LogP contribution is -2.26. The molecule has 4 nitrogen and oxygen atoms in total.